The number of nitrogens with one attached hydrogen (secondary N) is 2. The molecule has 2 aromatic carbocycles. The first kappa shape index (κ1) is 29.4. The van der Waals surface area contributed by atoms with Crippen molar-refractivity contribution < 1.29 is 35.1 Å². The molecule has 4 N–H and O–H groups in total. The van der Waals surface area contributed by atoms with E-state index in [2.05, 4.69) is 27.2 Å². The summed E-state index contributed by atoms with van der Waals surface area (Å²) in [4.78, 5) is 1.78. The van der Waals surface area contributed by atoms with Gasteiger partial charge in [0.15, 0.2) is 5.75 Å². The molecule has 0 spiro atoms. The van der Waals surface area contributed by atoms with Crippen molar-refractivity contribution in [2.24, 2.45) is 5.14 Å². The molecule has 0 amide bonds. The van der Waals surface area contributed by atoms with E-state index >= 15 is 0 Å². The lowest BCUT2D eigenvalue weighted by Gasteiger charge is -2.12. The van der Waals surface area contributed by atoms with Gasteiger partial charge in [-0.2, -0.15) is 22.0 Å². The molecule has 1 aromatic heterocycles. The molecule has 0 aliphatic rings. The molecule has 0 radical (unpaired) electrons. The Hall–Kier alpha value is -3.12. The lowest BCUT2D eigenvalue weighted by molar-refractivity contribution is -0.126. The van der Waals surface area contributed by atoms with Crippen LogP contribution in [0.1, 0.15) is 10.4 Å². The molecule has 3 aromatic rings. The summed E-state index contributed by atoms with van der Waals surface area (Å²) >= 11 is 1.13. The van der Waals surface area contributed by atoms with E-state index in [4.69, 9.17) is 5.14 Å². The van der Waals surface area contributed by atoms with E-state index in [0.717, 1.165) is 30.0 Å². The van der Waals surface area contributed by atoms with Crippen LogP contribution in [-0.4, -0.2) is 59.8 Å². The monoisotopic (exact) mass is 576 g/mol. The Kier molecular flexibility index (Phi) is 9.42. The summed E-state index contributed by atoms with van der Waals surface area (Å²) in [5.41, 5.74) is 0.763. The smallest absolute Gasteiger partial charge is 0.393 e. The number of hydrogen-bond acceptors (Lipinski definition) is 7. The van der Waals surface area contributed by atoms with Gasteiger partial charge in [-0.3, -0.25) is 0 Å². The van der Waals surface area contributed by atoms with Crippen LogP contribution in [0, 0.1) is 11.8 Å². The number of ether oxygens (including phenoxy) is 1. The molecule has 0 unspecified atom stereocenters. The van der Waals surface area contributed by atoms with Crippen LogP contribution in [0.4, 0.5) is 33.3 Å². The molecular weight excluding hydrogens is 551 g/mol. The lowest BCUT2D eigenvalue weighted by Crippen LogP contribution is -2.20. The summed E-state index contributed by atoms with van der Waals surface area (Å²) in [7, 11) is -0.344. The minimum absolute atomic E-state index is 0.00577. The number of anilines is 2. The Bertz CT molecular complexity index is 1440. The van der Waals surface area contributed by atoms with E-state index in [-0.39, 0.29) is 22.7 Å². The molecule has 3 rings (SSSR count). The predicted molar refractivity (Wildman–Crippen MR) is 138 cm³/mol. The quantitative estimate of drug-likeness (QED) is 0.239. The highest BCUT2D eigenvalue weighted by Gasteiger charge is 2.31. The van der Waals surface area contributed by atoms with Crippen LogP contribution < -0.4 is 20.5 Å². The number of nitrogens with zero attached hydrogens (tertiary/aromatic N) is 1. The molecule has 206 valence electrons. The van der Waals surface area contributed by atoms with Crippen molar-refractivity contribution in [1.82, 2.24) is 4.90 Å². The van der Waals surface area contributed by atoms with E-state index in [0.29, 0.717) is 22.3 Å². The second kappa shape index (κ2) is 12.2. The van der Waals surface area contributed by atoms with Crippen LogP contribution in [0.25, 0.3) is 10.1 Å². The van der Waals surface area contributed by atoms with Gasteiger partial charge in [0.25, 0.3) is 0 Å². The normalized spacial score (nSPS) is 12.1. The van der Waals surface area contributed by atoms with E-state index in [1.165, 1.54) is 6.07 Å². The van der Waals surface area contributed by atoms with Crippen molar-refractivity contribution in [1.29, 1.82) is 0 Å². The van der Waals surface area contributed by atoms with Gasteiger partial charge in [-0.25, -0.2) is 13.6 Å². The second-order valence-electron chi connectivity index (χ2n) is 8.35. The molecule has 0 saturated heterocycles. The maximum absolute atomic E-state index is 13.4. The van der Waals surface area contributed by atoms with Crippen molar-refractivity contribution >= 4 is 42.8 Å². The molecule has 0 aliphatic carbocycles. The number of fused-ring (bicyclic) bond motifs is 1. The molecule has 0 atom stereocenters. The molecule has 0 fully saturated rings. The number of hydrogen-bond donors (Lipinski definition) is 3. The van der Waals surface area contributed by atoms with Crippen LogP contribution >= 0.6 is 11.3 Å². The summed E-state index contributed by atoms with van der Waals surface area (Å²) in [6.45, 7) is -2.06. The number of primary sulfonamides is 1. The number of alkyl halides is 5. The first-order valence-electron chi connectivity index (χ1n) is 11.1. The van der Waals surface area contributed by atoms with Crippen molar-refractivity contribution in [3.05, 3.63) is 46.8 Å². The zero-order valence-corrected chi connectivity index (χ0v) is 22.0. The van der Waals surface area contributed by atoms with Gasteiger partial charge < -0.3 is 20.3 Å². The molecule has 0 bridgehead atoms. The molecule has 38 heavy (non-hydrogen) atoms. The molecule has 1 heterocycles. The van der Waals surface area contributed by atoms with Gasteiger partial charge in [-0.1, -0.05) is 24.0 Å². The molecule has 0 saturated carbocycles. The minimum Gasteiger partial charge on any atom is -0.433 e. The third kappa shape index (κ3) is 8.19. The minimum atomic E-state index is -4.45. The van der Waals surface area contributed by atoms with E-state index in [1.54, 1.807) is 18.2 Å². The highest BCUT2D eigenvalue weighted by Crippen LogP contribution is 2.39. The summed E-state index contributed by atoms with van der Waals surface area (Å²) < 4.78 is 93.9. The van der Waals surface area contributed by atoms with Crippen LogP contribution in [0.2, 0.25) is 0 Å². The number of sulfonamides is 1. The largest absolute Gasteiger partial charge is 0.433 e. The summed E-state index contributed by atoms with van der Waals surface area (Å²) in [5.74, 6) is 5.00. The summed E-state index contributed by atoms with van der Waals surface area (Å²) in [5, 5.41) is 11.4. The van der Waals surface area contributed by atoms with Crippen molar-refractivity contribution in [2.45, 2.75) is 24.1 Å². The van der Waals surface area contributed by atoms with Crippen molar-refractivity contribution in [2.75, 3.05) is 44.4 Å². The topological polar surface area (TPSA) is 96.7 Å². The van der Waals surface area contributed by atoms with Gasteiger partial charge in [0.2, 0.25) is 10.0 Å². The maximum atomic E-state index is 13.4. The van der Waals surface area contributed by atoms with Crippen LogP contribution in [0.5, 0.6) is 5.75 Å². The Balaban J connectivity index is 1.89. The average molecular weight is 577 g/mol. The highest BCUT2D eigenvalue weighted by atomic mass is 32.2. The van der Waals surface area contributed by atoms with E-state index in [9.17, 15) is 30.4 Å². The van der Waals surface area contributed by atoms with E-state index in [1.807, 2.05) is 19.0 Å². The first-order valence-corrected chi connectivity index (χ1v) is 13.4. The Morgan fingerprint density at radius 2 is 1.87 bits per heavy atom. The van der Waals surface area contributed by atoms with Gasteiger partial charge in [0.05, 0.1) is 38.8 Å². The maximum Gasteiger partial charge on any atom is 0.393 e. The van der Waals surface area contributed by atoms with E-state index < -0.39 is 39.9 Å². The zero-order valence-electron chi connectivity index (χ0n) is 20.3. The fourth-order valence-corrected chi connectivity index (χ4v) is 5.20. The number of benzene rings is 2. The third-order valence-corrected chi connectivity index (χ3v) is 7.24. The number of likely N-dealkylation sites (N-methyl/N-ethyl adjacent to an activating group) is 1. The summed E-state index contributed by atoms with van der Waals surface area (Å²) in [6, 6.07) is 8.22. The van der Waals surface area contributed by atoms with Gasteiger partial charge in [-0.15, -0.1) is 11.3 Å². The van der Waals surface area contributed by atoms with Crippen LogP contribution in [0.3, 0.4) is 0 Å². The van der Waals surface area contributed by atoms with Gasteiger partial charge in [0.1, 0.15) is 0 Å². The fourth-order valence-electron chi connectivity index (χ4n) is 3.48. The molecular formula is C24H25F5N4O3S2. The van der Waals surface area contributed by atoms with Gasteiger partial charge in [-0.05, 0) is 43.2 Å². The zero-order chi connectivity index (χ0) is 28.1. The number of rotatable bonds is 10. The SMILES string of the molecule is CN(C)CCNc1cccc2c(CC(F)(F)F)c(C#CCNc3ccc(S(N)(=O)=O)cc3OC(F)F)sc12. The number of nitrogens with two attached hydrogens (primary N) is 1. The van der Waals surface area contributed by atoms with Crippen molar-refractivity contribution in [3.8, 4) is 17.6 Å². The number of halogens is 5. The average Bonchev–Trinajstić information content (AvgIpc) is 3.13. The molecule has 7 nitrogen and oxygen atoms in total. The van der Waals surface area contributed by atoms with Gasteiger partial charge in [0, 0.05) is 19.2 Å². The molecule has 14 heteroatoms. The standard InChI is InChI=1S/C24H25F5N4O3S2/c1-33(2)12-11-32-19-6-3-5-16-17(14-24(27,28)29)21(37-22(16)19)7-4-10-31-18-9-8-15(38(30,34)35)13-20(18)36-23(25)26/h3,5-6,8-9,13,23,31-32H,10-12,14H2,1-2H3,(H2,30,34,35). The van der Waals surface area contributed by atoms with Gasteiger partial charge >= 0.3 is 12.8 Å². The highest BCUT2D eigenvalue weighted by molar-refractivity contribution is 7.89. The van der Waals surface area contributed by atoms with Crippen molar-refractivity contribution in [3.63, 3.8) is 0 Å². The Morgan fingerprint density at radius 3 is 2.50 bits per heavy atom. The lowest BCUT2D eigenvalue weighted by atomic mass is 10.1. The second-order valence-corrected chi connectivity index (χ2v) is 10.9. The Labute approximate surface area is 220 Å². The van der Waals surface area contributed by atoms with Crippen LogP contribution in [0.15, 0.2) is 41.3 Å². The Morgan fingerprint density at radius 1 is 1.13 bits per heavy atom. The third-order valence-electron chi connectivity index (χ3n) is 5.14. The first-order chi connectivity index (χ1) is 17.7. The predicted octanol–water partition coefficient (Wildman–Crippen LogP) is 4.69. The summed E-state index contributed by atoms with van der Waals surface area (Å²) in [6.07, 6.45) is -5.61. The van der Waals surface area contributed by atoms with Crippen LogP contribution in [-0.2, 0) is 16.4 Å². The number of thiophene rings is 1. The molecule has 0 aliphatic heterocycles. The fraction of sp³-hybridized carbons (Fsp3) is 0.333.